The van der Waals surface area contributed by atoms with Crippen molar-refractivity contribution in [3.8, 4) is 0 Å². The standard InChI is InChI=1S/C15H22N2O3S/c1-12(18)13-5-7-14(8-6-13)21(19,20)17-10-9-16(4)15(2,3)11-17/h5-8H,9-11H2,1-4H3. The summed E-state index contributed by atoms with van der Waals surface area (Å²) in [6.07, 6.45) is 0. The van der Waals surface area contributed by atoms with Gasteiger partial charge in [-0.25, -0.2) is 8.42 Å². The highest BCUT2D eigenvalue weighted by Crippen LogP contribution is 2.25. The number of carbonyl (C=O) groups excluding carboxylic acids is 1. The fourth-order valence-electron chi connectivity index (χ4n) is 2.41. The predicted molar refractivity (Wildman–Crippen MR) is 81.9 cm³/mol. The number of carbonyl (C=O) groups is 1. The molecule has 1 heterocycles. The first-order valence-corrected chi connectivity index (χ1v) is 8.41. The quantitative estimate of drug-likeness (QED) is 0.796. The smallest absolute Gasteiger partial charge is 0.243 e. The molecule has 116 valence electrons. The van der Waals surface area contributed by atoms with Crippen molar-refractivity contribution in [3.63, 3.8) is 0 Å². The van der Waals surface area contributed by atoms with E-state index in [1.807, 2.05) is 20.9 Å². The SMILES string of the molecule is CC(=O)c1ccc(S(=O)(=O)N2CCN(C)C(C)(C)C2)cc1. The molecule has 6 heteroatoms. The van der Waals surface area contributed by atoms with E-state index in [0.29, 0.717) is 25.2 Å². The van der Waals surface area contributed by atoms with Gasteiger partial charge in [0.25, 0.3) is 0 Å². The van der Waals surface area contributed by atoms with Gasteiger partial charge in [0.2, 0.25) is 10.0 Å². The highest BCUT2D eigenvalue weighted by atomic mass is 32.2. The first kappa shape index (κ1) is 16.1. The van der Waals surface area contributed by atoms with Crippen LogP contribution in [-0.2, 0) is 10.0 Å². The minimum absolute atomic E-state index is 0.0697. The number of ketones is 1. The number of likely N-dealkylation sites (N-methyl/N-ethyl adjacent to an activating group) is 1. The summed E-state index contributed by atoms with van der Waals surface area (Å²) in [6, 6.07) is 6.15. The minimum Gasteiger partial charge on any atom is -0.299 e. The van der Waals surface area contributed by atoms with Crippen molar-refractivity contribution in [3.05, 3.63) is 29.8 Å². The first-order valence-electron chi connectivity index (χ1n) is 6.97. The van der Waals surface area contributed by atoms with Gasteiger partial charge in [0.15, 0.2) is 5.78 Å². The fraction of sp³-hybridized carbons (Fsp3) is 0.533. The van der Waals surface area contributed by atoms with Gasteiger partial charge in [0.05, 0.1) is 4.90 Å². The third kappa shape index (κ3) is 3.17. The highest BCUT2D eigenvalue weighted by Gasteiger charge is 2.37. The van der Waals surface area contributed by atoms with Crippen LogP contribution in [0.25, 0.3) is 0 Å². The number of hydrogen-bond acceptors (Lipinski definition) is 4. The fourth-order valence-corrected chi connectivity index (χ4v) is 4.00. The second kappa shape index (κ2) is 5.51. The molecule has 0 radical (unpaired) electrons. The molecule has 0 aromatic heterocycles. The molecule has 1 aromatic carbocycles. The molecule has 0 N–H and O–H groups in total. The summed E-state index contributed by atoms with van der Waals surface area (Å²) in [6.45, 7) is 7.18. The Morgan fingerprint density at radius 1 is 1.14 bits per heavy atom. The molecule has 0 spiro atoms. The van der Waals surface area contributed by atoms with Crippen LogP contribution in [0, 0.1) is 0 Å². The van der Waals surface area contributed by atoms with E-state index in [2.05, 4.69) is 4.90 Å². The third-order valence-electron chi connectivity index (χ3n) is 4.18. The number of piperazine rings is 1. The average Bonchev–Trinajstić information content (AvgIpc) is 2.41. The Morgan fingerprint density at radius 3 is 2.19 bits per heavy atom. The zero-order valence-electron chi connectivity index (χ0n) is 13.0. The Hall–Kier alpha value is -1.24. The largest absolute Gasteiger partial charge is 0.299 e. The summed E-state index contributed by atoms with van der Waals surface area (Å²) in [7, 11) is -1.50. The van der Waals surface area contributed by atoms with Gasteiger partial charge in [-0.3, -0.25) is 9.69 Å². The molecule has 0 bridgehead atoms. The lowest BCUT2D eigenvalue weighted by Crippen LogP contribution is -2.58. The van der Waals surface area contributed by atoms with E-state index in [1.165, 1.54) is 23.4 Å². The van der Waals surface area contributed by atoms with Crippen LogP contribution in [0.4, 0.5) is 0 Å². The number of hydrogen-bond donors (Lipinski definition) is 0. The third-order valence-corrected chi connectivity index (χ3v) is 6.04. The molecule has 1 aromatic rings. The van der Waals surface area contributed by atoms with Gasteiger partial charge in [0.1, 0.15) is 0 Å². The maximum Gasteiger partial charge on any atom is 0.243 e. The van der Waals surface area contributed by atoms with Gasteiger partial charge < -0.3 is 0 Å². The number of rotatable bonds is 3. The molecule has 0 aliphatic carbocycles. The number of Topliss-reactive ketones (excluding diaryl/α,β-unsaturated/α-hetero) is 1. The zero-order chi connectivity index (χ0) is 15.8. The van der Waals surface area contributed by atoms with Crippen molar-refractivity contribution in [1.29, 1.82) is 0 Å². The van der Waals surface area contributed by atoms with Crippen molar-refractivity contribution in [1.82, 2.24) is 9.21 Å². The molecular formula is C15H22N2O3S. The Bertz CT molecular complexity index is 635. The molecule has 1 aliphatic rings. The van der Waals surface area contributed by atoms with E-state index in [4.69, 9.17) is 0 Å². The van der Waals surface area contributed by atoms with Crippen LogP contribution in [0.3, 0.4) is 0 Å². The topological polar surface area (TPSA) is 57.7 Å². The van der Waals surface area contributed by atoms with Gasteiger partial charge in [-0.1, -0.05) is 12.1 Å². The molecular weight excluding hydrogens is 288 g/mol. The lowest BCUT2D eigenvalue weighted by Gasteiger charge is -2.44. The van der Waals surface area contributed by atoms with Crippen LogP contribution < -0.4 is 0 Å². The van der Waals surface area contributed by atoms with E-state index in [-0.39, 0.29) is 16.2 Å². The highest BCUT2D eigenvalue weighted by molar-refractivity contribution is 7.89. The summed E-state index contributed by atoms with van der Waals surface area (Å²) in [4.78, 5) is 13.7. The number of benzene rings is 1. The van der Waals surface area contributed by atoms with E-state index in [0.717, 1.165) is 0 Å². The van der Waals surface area contributed by atoms with Gasteiger partial charge in [-0.15, -0.1) is 0 Å². The van der Waals surface area contributed by atoms with Crippen molar-refractivity contribution in [2.24, 2.45) is 0 Å². The Balaban J connectivity index is 2.28. The second-order valence-electron chi connectivity index (χ2n) is 6.15. The van der Waals surface area contributed by atoms with E-state index in [9.17, 15) is 13.2 Å². The second-order valence-corrected chi connectivity index (χ2v) is 8.09. The van der Waals surface area contributed by atoms with Crippen LogP contribution in [-0.4, -0.2) is 55.6 Å². The molecule has 1 fully saturated rings. The van der Waals surface area contributed by atoms with E-state index < -0.39 is 10.0 Å². The van der Waals surface area contributed by atoms with Crippen LogP contribution in [0.1, 0.15) is 31.1 Å². The predicted octanol–water partition coefficient (Wildman–Crippen LogP) is 1.60. The Kier molecular flexibility index (Phi) is 4.24. The van der Waals surface area contributed by atoms with E-state index >= 15 is 0 Å². The van der Waals surface area contributed by atoms with Gasteiger partial charge >= 0.3 is 0 Å². The first-order chi connectivity index (χ1) is 9.64. The van der Waals surface area contributed by atoms with Crippen molar-refractivity contribution in [2.45, 2.75) is 31.2 Å². The Labute approximate surface area is 126 Å². The van der Waals surface area contributed by atoms with Gasteiger partial charge in [-0.2, -0.15) is 4.31 Å². The summed E-state index contributed by atoms with van der Waals surface area (Å²) in [5, 5.41) is 0. The zero-order valence-corrected chi connectivity index (χ0v) is 13.8. The van der Waals surface area contributed by atoms with Crippen LogP contribution in [0.15, 0.2) is 29.2 Å². The minimum atomic E-state index is -3.50. The number of nitrogens with zero attached hydrogens (tertiary/aromatic N) is 2. The van der Waals surface area contributed by atoms with Gasteiger partial charge in [-0.05, 0) is 40.0 Å². The monoisotopic (exact) mass is 310 g/mol. The lowest BCUT2D eigenvalue weighted by atomic mass is 10.0. The Morgan fingerprint density at radius 2 is 1.71 bits per heavy atom. The maximum absolute atomic E-state index is 12.7. The van der Waals surface area contributed by atoms with Crippen molar-refractivity contribution >= 4 is 15.8 Å². The number of sulfonamides is 1. The normalized spacial score (nSPS) is 20.4. The summed E-state index contributed by atoms with van der Waals surface area (Å²) < 4.78 is 26.9. The molecule has 0 amide bonds. The van der Waals surface area contributed by atoms with Crippen LogP contribution >= 0.6 is 0 Å². The summed E-state index contributed by atoms with van der Waals surface area (Å²) in [5.74, 6) is -0.0697. The maximum atomic E-state index is 12.7. The molecule has 0 atom stereocenters. The summed E-state index contributed by atoms with van der Waals surface area (Å²) >= 11 is 0. The molecule has 0 saturated carbocycles. The molecule has 1 saturated heterocycles. The molecule has 5 nitrogen and oxygen atoms in total. The van der Waals surface area contributed by atoms with E-state index in [1.54, 1.807) is 12.1 Å². The van der Waals surface area contributed by atoms with Crippen molar-refractivity contribution < 1.29 is 13.2 Å². The summed E-state index contributed by atoms with van der Waals surface area (Å²) in [5.41, 5.74) is 0.331. The van der Waals surface area contributed by atoms with Crippen molar-refractivity contribution in [2.75, 3.05) is 26.7 Å². The van der Waals surface area contributed by atoms with Crippen LogP contribution in [0.5, 0.6) is 0 Å². The molecule has 1 aliphatic heterocycles. The molecule has 21 heavy (non-hydrogen) atoms. The molecule has 2 rings (SSSR count). The van der Waals surface area contributed by atoms with Gasteiger partial charge in [0, 0.05) is 30.7 Å². The lowest BCUT2D eigenvalue weighted by molar-refractivity contribution is 0.0801. The van der Waals surface area contributed by atoms with Crippen LogP contribution in [0.2, 0.25) is 0 Å². The average molecular weight is 310 g/mol. The molecule has 0 unspecified atom stereocenters.